The second kappa shape index (κ2) is 5.82. The van der Waals surface area contributed by atoms with Gasteiger partial charge in [-0.15, -0.1) is 0 Å². The predicted molar refractivity (Wildman–Crippen MR) is 77.9 cm³/mol. The highest BCUT2D eigenvalue weighted by Crippen LogP contribution is 2.38. The summed E-state index contributed by atoms with van der Waals surface area (Å²) in [7, 11) is 0. The summed E-state index contributed by atoms with van der Waals surface area (Å²) in [6, 6.07) is 5.94. The van der Waals surface area contributed by atoms with Gasteiger partial charge in [0.1, 0.15) is 12.0 Å². The number of hydrogen-bond donors (Lipinski definition) is 2. The van der Waals surface area contributed by atoms with Crippen molar-refractivity contribution in [1.82, 2.24) is 5.32 Å². The molecule has 8 heteroatoms. The maximum Gasteiger partial charge on any atom is 0.322 e. The molecule has 7 nitrogen and oxygen atoms in total. The molecule has 1 aromatic carbocycles. The minimum absolute atomic E-state index is 0.0496. The number of nitrogens with zero attached hydrogens (tertiary/aromatic N) is 1. The summed E-state index contributed by atoms with van der Waals surface area (Å²) in [5.74, 6) is -5.79. The van der Waals surface area contributed by atoms with Crippen LogP contribution >= 0.6 is 11.6 Å². The summed E-state index contributed by atoms with van der Waals surface area (Å²) >= 11 is 5.86. The van der Waals surface area contributed by atoms with E-state index in [0.29, 0.717) is 0 Å². The van der Waals surface area contributed by atoms with Crippen molar-refractivity contribution in [3.63, 3.8) is 0 Å². The number of carboxylic acid groups (broad SMARTS) is 1. The van der Waals surface area contributed by atoms with Crippen LogP contribution in [0.25, 0.3) is 0 Å². The first-order valence-electron chi connectivity index (χ1n) is 6.51. The number of aliphatic carboxylic acids is 1. The van der Waals surface area contributed by atoms with Crippen LogP contribution in [0.15, 0.2) is 18.2 Å². The second-order valence-corrected chi connectivity index (χ2v) is 5.64. The van der Waals surface area contributed by atoms with Gasteiger partial charge in [-0.2, -0.15) is 5.26 Å². The Labute approximate surface area is 135 Å². The van der Waals surface area contributed by atoms with Crippen molar-refractivity contribution < 1.29 is 24.3 Å². The largest absolute Gasteiger partial charge is 0.480 e. The Bertz CT molecular complexity index is 783. The molecule has 2 N–H and O–H groups in total. The first-order chi connectivity index (χ1) is 10.7. The fraction of sp³-hybridized carbons (Fsp3) is 0.267. The lowest BCUT2D eigenvalue weighted by atomic mass is 9.66. The number of benzene rings is 1. The summed E-state index contributed by atoms with van der Waals surface area (Å²) in [5.41, 5.74) is -1.53. The molecule has 0 aliphatic heterocycles. The summed E-state index contributed by atoms with van der Waals surface area (Å²) < 4.78 is 0. The Morgan fingerprint density at radius 1 is 1.43 bits per heavy atom. The van der Waals surface area contributed by atoms with Crippen LogP contribution in [0.4, 0.5) is 0 Å². The minimum Gasteiger partial charge on any atom is -0.480 e. The number of Topliss-reactive ketones (excluding diaryl/α,β-unsaturated/α-hetero) is 2. The van der Waals surface area contributed by atoms with Gasteiger partial charge in [-0.25, -0.2) is 0 Å². The molecule has 0 fully saturated rings. The average Bonchev–Trinajstić information content (AvgIpc) is 2.50. The third-order valence-electron chi connectivity index (χ3n) is 3.70. The van der Waals surface area contributed by atoms with Gasteiger partial charge in [0, 0.05) is 10.6 Å². The van der Waals surface area contributed by atoms with Crippen molar-refractivity contribution in [3.05, 3.63) is 34.3 Å². The van der Waals surface area contributed by atoms with E-state index in [1.165, 1.54) is 25.1 Å². The molecule has 0 aromatic heterocycles. The maximum atomic E-state index is 12.6. The number of hydrogen-bond acceptors (Lipinski definition) is 5. The van der Waals surface area contributed by atoms with Gasteiger partial charge in [0.2, 0.25) is 5.91 Å². The molecule has 23 heavy (non-hydrogen) atoms. The Balaban J connectivity index is 2.53. The molecule has 2 rings (SSSR count). The van der Waals surface area contributed by atoms with Crippen LogP contribution in [0, 0.1) is 17.2 Å². The van der Waals surface area contributed by atoms with Crippen molar-refractivity contribution in [2.75, 3.05) is 6.54 Å². The van der Waals surface area contributed by atoms with Gasteiger partial charge >= 0.3 is 5.97 Å². The van der Waals surface area contributed by atoms with Crippen LogP contribution in [0.2, 0.25) is 5.02 Å². The molecule has 0 heterocycles. The van der Waals surface area contributed by atoms with E-state index in [-0.39, 0.29) is 16.1 Å². The molecular weight excluding hydrogens is 324 g/mol. The van der Waals surface area contributed by atoms with Gasteiger partial charge in [-0.3, -0.25) is 19.2 Å². The van der Waals surface area contributed by atoms with E-state index in [1.54, 1.807) is 0 Å². The van der Waals surface area contributed by atoms with Crippen LogP contribution in [-0.4, -0.2) is 35.1 Å². The molecule has 0 bridgehead atoms. The molecule has 2 atom stereocenters. The number of carboxylic acids is 1. The van der Waals surface area contributed by atoms with E-state index in [9.17, 15) is 24.4 Å². The van der Waals surface area contributed by atoms with E-state index in [2.05, 4.69) is 0 Å². The molecule has 1 amide bonds. The number of nitrogens with one attached hydrogen (secondary N) is 1. The van der Waals surface area contributed by atoms with Gasteiger partial charge in [0.05, 0.1) is 6.07 Å². The summed E-state index contributed by atoms with van der Waals surface area (Å²) in [5, 5.41) is 20.2. The smallest absolute Gasteiger partial charge is 0.322 e. The molecular formula is C15H11ClN2O5. The highest BCUT2D eigenvalue weighted by atomic mass is 35.5. The van der Waals surface area contributed by atoms with Crippen LogP contribution in [0.1, 0.15) is 22.8 Å². The molecule has 0 saturated carbocycles. The van der Waals surface area contributed by atoms with Crippen molar-refractivity contribution in [2.24, 2.45) is 5.92 Å². The van der Waals surface area contributed by atoms with Crippen LogP contribution in [0.5, 0.6) is 0 Å². The first kappa shape index (κ1) is 16.6. The Morgan fingerprint density at radius 3 is 2.65 bits per heavy atom. The Morgan fingerprint density at radius 2 is 2.09 bits per heavy atom. The quantitative estimate of drug-likeness (QED) is 0.784. The minimum atomic E-state index is -1.76. The average molecular weight is 335 g/mol. The second-order valence-electron chi connectivity index (χ2n) is 5.20. The zero-order chi connectivity index (χ0) is 17.4. The molecule has 118 valence electrons. The van der Waals surface area contributed by atoms with Crippen LogP contribution < -0.4 is 5.32 Å². The molecule has 0 radical (unpaired) electrons. The van der Waals surface area contributed by atoms with Gasteiger partial charge in [-0.05, 0) is 30.7 Å². The molecule has 1 aromatic rings. The Kier molecular flexibility index (Phi) is 4.21. The van der Waals surface area contributed by atoms with Gasteiger partial charge < -0.3 is 10.4 Å². The summed E-state index contributed by atoms with van der Waals surface area (Å²) in [6.45, 7) is 0.570. The van der Waals surface area contributed by atoms with E-state index < -0.39 is 41.3 Å². The number of fused-ring (bicyclic) bond motifs is 1. The Hall–Kier alpha value is -2.72. The van der Waals surface area contributed by atoms with E-state index in [1.807, 2.05) is 11.4 Å². The molecule has 1 aliphatic rings. The van der Waals surface area contributed by atoms with Crippen LogP contribution in [0.3, 0.4) is 0 Å². The zero-order valence-corrected chi connectivity index (χ0v) is 12.7. The van der Waals surface area contributed by atoms with E-state index in [0.717, 1.165) is 0 Å². The fourth-order valence-corrected chi connectivity index (χ4v) is 2.63. The number of amides is 1. The highest BCUT2D eigenvalue weighted by molar-refractivity contribution is 6.32. The van der Waals surface area contributed by atoms with Crippen molar-refractivity contribution in [1.29, 1.82) is 5.26 Å². The maximum absolute atomic E-state index is 12.6. The number of ketones is 2. The molecule has 0 spiro atoms. The number of halogens is 1. The third kappa shape index (κ3) is 2.69. The molecule has 2 unspecified atom stereocenters. The van der Waals surface area contributed by atoms with Gasteiger partial charge in [0.15, 0.2) is 17.5 Å². The normalized spacial score (nSPS) is 22.9. The number of rotatable bonds is 3. The number of nitriles is 1. The number of carbonyl (C=O) groups excluding carboxylic acids is 3. The van der Waals surface area contributed by atoms with Crippen molar-refractivity contribution >= 4 is 35.0 Å². The van der Waals surface area contributed by atoms with E-state index in [4.69, 9.17) is 16.7 Å². The predicted octanol–water partition coefficient (Wildman–Crippen LogP) is 0.704. The lowest BCUT2D eigenvalue weighted by molar-refractivity contribution is -0.140. The van der Waals surface area contributed by atoms with Crippen molar-refractivity contribution in [2.45, 2.75) is 12.3 Å². The topological polar surface area (TPSA) is 124 Å². The fourth-order valence-electron chi connectivity index (χ4n) is 2.46. The standard InChI is InChI=1S/C15H11ClN2O5/c1-15(6-17)9-4-7(16)2-3-8(9)12(21)11(13(15)22)14(23)18-5-10(19)20/h2-4,11H,5H2,1H3,(H,18,23)(H,19,20). The highest BCUT2D eigenvalue weighted by Gasteiger charge is 2.52. The monoisotopic (exact) mass is 334 g/mol. The molecule has 1 aliphatic carbocycles. The van der Waals surface area contributed by atoms with Crippen molar-refractivity contribution in [3.8, 4) is 6.07 Å². The lowest BCUT2D eigenvalue weighted by Crippen LogP contribution is -2.52. The zero-order valence-electron chi connectivity index (χ0n) is 11.9. The first-order valence-corrected chi connectivity index (χ1v) is 6.89. The van der Waals surface area contributed by atoms with Gasteiger partial charge in [0.25, 0.3) is 0 Å². The third-order valence-corrected chi connectivity index (χ3v) is 3.94. The summed E-state index contributed by atoms with van der Waals surface area (Å²) in [6.07, 6.45) is 0. The molecule has 0 saturated heterocycles. The SMILES string of the molecule is CC1(C#N)C(=O)C(C(=O)NCC(=O)O)C(=O)c2ccc(Cl)cc21. The van der Waals surface area contributed by atoms with Crippen LogP contribution in [-0.2, 0) is 19.8 Å². The summed E-state index contributed by atoms with van der Waals surface area (Å²) in [4.78, 5) is 47.6. The van der Waals surface area contributed by atoms with E-state index >= 15 is 0 Å². The number of carbonyl (C=O) groups is 4. The lowest BCUT2D eigenvalue weighted by Gasteiger charge is -2.32. The van der Waals surface area contributed by atoms with Gasteiger partial charge in [-0.1, -0.05) is 11.6 Å².